The Morgan fingerprint density at radius 3 is 3.07 bits per heavy atom. The van der Waals surface area contributed by atoms with E-state index in [0.29, 0.717) is 0 Å². The predicted molar refractivity (Wildman–Crippen MR) is 63.2 cm³/mol. The summed E-state index contributed by atoms with van der Waals surface area (Å²) >= 11 is 0. The third kappa shape index (κ3) is 1.69. The van der Waals surface area contributed by atoms with Crippen molar-refractivity contribution in [1.82, 2.24) is 0 Å². The van der Waals surface area contributed by atoms with Crippen LogP contribution in [0.25, 0.3) is 0 Å². The van der Waals surface area contributed by atoms with Gasteiger partial charge in [0.1, 0.15) is 0 Å². The summed E-state index contributed by atoms with van der Waals surface area (Å²) in [5, 5.41) is 3.44. The van der Waals surface area contributed by atoms with Crippen LogP contribution in [0.15, 0.2) is 27.5 Å². The number of hydrogen-bond acceptors (Lipinski definition) is 2. The van der Waals surface area contributed by atoms with Crippen molar-refractivity contribution < 1.29 is 0 Å². The first kappa shape index (κ1) is 9.71. The van der Waals surface area contributed by atoms with Gasteiger partial charge in [-0.25, -0.2) is 0 Å². The van der Waals surface area contributed by atoms with Crippen molar-refractivity contribution in [2.45, 2.75) is 17.7 Å². The Balaban J connectivity index is 2.50. The van der Waals surface area contributed by atoms with Gasteiger partial charge in [0.2, 0.25) is 0 Å². The van der Waals surface area contributed by atoms with Crippen molar-refractivity contribution in [3.8, 4) is 0 Å². The molecule has 0 aliphatic carbocycles. The first-order chi connectivity index (χ1) is 6.83. The van der Waals surface area contributed by atoms with Crippen molar-refractivity contribution >= 4 is 16.4 Å². The molecule has 3 heteroatoms. The van der Waals surface area contributed by atoms with E-state index in [9.17, 15) is 0 Å². The molecule has 0 radical (unpaired) electrons. The van der Waals surface area contributed by atoms with Gasteiger partial charge in [-0.3, -0.25) is 4.36 Å². The second-order valence-corrected chi connectivity index (χ2v) is 5.23. The Morgan fingerprint density at radius 1 is 1.43 bits per heavy atom. The fraction of sp³-hybridized carbons (Fsp3) is 0.455. The molecular weight excluding hydrogens is 192 g/mol. The van der Waals surface area contributed by atoms with Crippen LogP contribution < -0.4 is 5.32 Å². The third-order valence-corrected chi connectivity index (χ3v) is 4.21. The fourth-order valence-corrected chi connectivity index (χ4v) is 2.89. The van der Waals surface area contributed by atoms with Gasteiger partial charge in [0, 0.05) is 24.2 Å². The molecule has 1 heterocycles. The zero-order valence-electron chi connectivity index (χ0n) is 8.71. The molecule has 14 heavy (non-hydrogen) atoms. The molecular formula is C11H16N2S. The molecule has 0 aromatic heterocycles. The SMILES string of the molecule is CN=S(C)c1cccc2c1CCCN2. The lowest BCUT2D eigenvalue weighted by molar-refractivity contribution is 0.814. The maximum atomic E-state index is 4.37. The van der Waals surface area contributed by atoms with Gasteiger partial charge in [-0.1, -0.05) is 16.8 Å². The summed E-state index contributed by atoms with van der Waals surface area (Å²) in [7, 11) is 1.96. The van der Waals surface area contributed by atoms with Gasteiger partial charge in [-0.15, -0.1) is 0 Å². The van der Waals surface area contributed by atoms with Crippen molar-refractivity contribution in [1.29, 1.82) is 0 Å². The van der Waals surface area contributed by atoms with E-state index < -0.39 is 0 Å². The zero-order chi connectivity index (χ0) is 9.97. The summed E-state index contributed by atoms with van der Waals surface area (Å²) in [6.45, 7) is 1.11. The normalized spacial score (nSPS) is 17.3. The van der Waals surface area contributed by atoms with Crippen LogP contribution in [-0.4, -0.2) is 19.8 Å². The number of anilines is 1. The van der Waals surface area contributed by atoms with E-state index in [-0.39, 0.29) is 10.7 Å². The molecule has 0 bridgehead atoms. The topological polar surface area (TPSA) is 24.4 Å². The lowest BCUT2D eigenvalue weighted by Crippen LogP contribution is -2.13. The van der Waals surface area contributed by atoms with E-state index in [2.05, 4.69) is 34.1 Å². The summed E-state index contributed by atoms with van der Waals surface area (Å²) in [6.07, 6.45) is 4.63. The standard InChI is InChI=1S/C11H16N2S/c1-12-14(2)11-7-3-6-10-9(11)5-4-8-13-10/h3,6-7,13H,4-5,8H2,1-2H3. The molecule has 76 valence electrons. The highest BCUT2D eigenvalue weighted by Gasteiger charge is 2.12. The Bertz CT molecular complexity index is 372. The molecule has 1 aliphatic heterocycles. The van der Waals surface area contributed by atoms with Crippen LogP contribution in [-0.2, 0) is 17.1 Å². The van der Waals surface area contributed by atoms with Gasteiger partial charge < -0.3 is 5.32 Å². The first-order valence-corrected chi connectivity index (χ1v) is 6.53. The van der Waals surface area contributed by atoms with E-state index in [4.69, 9.17) is 0 Å². The van der Waals surface area contributed by atoms with E-state index in [0.717, 1.165) is 6.54 Å². The number of nitrogens with zero attached hydrogens (tertiary/aromatic N) is 1. The lowest BCUT2D eigenvalue weighted by atomic mass is 10.0. The molecule has 1 atom stereocenters. The molecule has 2 rings (SSSR count). The number of nitrogens with one attached hydrogen (secondary N) is 1. The highest BCUT2D eigenvalue weighted by Crippen LogP contribution is 2.27. The van der Waals surface area contributed by atoms with E-state index in [1.54, 1.807) is 0 Å². The molecule has 1 aliphatic rings. The van der Waals surface area contributed by atoms with Crippen LogP contribution >= 0.6 is 0 Å². The first-order valence-electron chi connectivity index (χ1n) is 4.94. The highest BCUT2D eigenvalue weighted by atomic mass is 32.2. The Hall–Kier alpha value is -0.830. The Kier molecular flexibility index (Phi) is 2.87. The second-order valence-electron chi connectivity index (χ2n) is 3.47. The zero-order valence-corrected chi connectivity index (χ0v) is 9.53. The molecule has 0 amide bonds. The molecule has 1 aromatic carbocycles. The molecule has 0 fully saturated rings. The second kappa shape index (κ2) is 4.13. The Morgan fingerprint density at radius 2 is 2.29 bits per heavy atom. The van der Waals surface area contributed by atoms with Crippen molar-refractivity contribution in [3.05, 3.63) is 23.8 Å². The van der Waals surface area contributed by atoms with E-state index in [1.165, 1.54) is 29.0 Å². The van der Waals surface area contributed by atoms with Gasteiger partial charge in [-0.2, -0.15) is 0 Å². The summed E-state index contributed by atoms with van der Waals surface area (Å²) in [5.74, 6) is 0. The summed E-state index contributed by atoms with van der Waals surface area (Å²) in [4.78, 5) is 1.41. The van der Waals surface area contributed by atoms with Crippen LogP contribution in [0.1, 0.15) is 12.0 Å². The van der Waals surface area contributed by atoms with Gasteiger partial charge in [0.05, 0.1) is 0 Å². The molecule has 2 nitrogen and oxygen atoms in total. The number of fused-ring (bicyclic) bond motifs is 1. The summed E-state index contributed by atoms with van der Waals surface area (Å²) in [5.41, 5.74) is 2.80. The average Bonchev–Trinajstić information content (AvgIpc) is 2.27. The molecule has 1 aromatic rings. The lowest BCUT2D eigenvalue weighted by Gasteiger charge is -2.20. The minimum absolute atomic E-state index is 0.0552. The molecule has 0 saturated heterocycles. The maximum Gasteiger partial charge on any atom is 0.0384 e. The van der Waals surface area contributed by atoms with Crippen molar-refractivity contribution in [2.24, 2.45) is 4.36 Å². The molecule has 1 N–H and O–H groups in total. The van der Waals surface area contributed by atoms with Crippen LogP contribution in [0.5, 0.6) is 0 Å². The third-order valence-electron chi connectivity index (χ3n) is 2.64. The van der Waals surface area contributed by atoms with Crippen LogP contribution in [0.2, 0.25) is 0 Å². The molecule has 0 spiro atoms. The summed E-state index contributed by atoms with van der Waals surface area (Å²) < 4.78 is 4.37. The highest BCUT2D eigenvalue weighted by molar-refractivity contribution is 7.86. The van der Waals surface area contributed by atoms with Crippen molar-refractivity contribution in [3.63, 3.8) is 0 Å². The fourth-order valence-electron chi connectivity index (χ4n) is 1.85. The van der Waals surface area contributed by atoms with Gasteiger partial charge >= 0.3 is 0 Å². The molecule has 1 unspecified atom stereocenters. The van der Waals surface area contributed by atoms with Gasteiger partial charge in [-0.05, 0) is 36.8 Å². The average molecular weight is 208 g/mol. The predicted octanol–water partition coefficient (Wildman–Crippen LogP) is 2.47. The van der Waals surface area contributed by atoms with E-state index >= 15 is 0 Å². The maximum absolute atomic E-state index is 4.37. The number of benzene rings is 1. The van der Waals surface area contributed by atoms with Crippen LogP contribution in [0, 0.1) is 0 Å². The molecule has 0 saturated carbocycles. The number of rotatable bonds is 1. The quantitative estimate of drug-likeness (QED) is 0.753. The van der Waals surface area contributed by atoms with Crippen LogP contribution in [0.4, 0.5) is 5.69 Å². The number of hydrogen-bond donors (Lipinski definition) is 1. The van der Waals surface area contributed by atoms with Crippen molar-refractivity contribution in [2.75, 3.05) is 25.2 Å². The smallest absolute Gasteiger partial charge is 0.0384 e. The monoisotopic (exact) mass is 208 g/mol. The van der Waals surface area contributed by atoms with E-state index in [1.807, 2.05) is 7.05 Å². The van der Waals surface area contributed by atoms with Gasteiger partial charge in [0.15, 0.2) is 0 Å². The summed E-state index contributed by atoms with van der Waals surface area (Å²) in [6, 6.07) is 6.51. The minimum Gasteiger partial charge on any atom is -0.385 e. The Labute approximate surface area is 87.8 Å². The minimum atomic E-state index is 0.0552. The van der Waals surface area contributed by atoms with Gasteiger partial charge in [0.25, 0.3) is 0 Å². The largest absolute Gasteiger partial charge is 0.385 e. The van der Waals surface area contributed by atoms with Crippen LogP contribution in [0.3, 0.4) is 0 Å².